The first-order valence-corrected chi connectivity index (χ1v) is 9.59. The van der Waals surface area contributed by atoms with Gasteiger partial charge in [-0.05, 0) is 31.2 Å². The van der Waals surface area contributed by atoms with Crippen molar-refractivity contribution >= 4 is 51.6 Å². The first-order chi connectivity index (χ1) is 14.3. The number of halogens is 7. The summed E-state index contributed by atoms with van der Waals surface area (Å²) in [6.45, 7) is 1.14. The van der Waals surface area contributed by atoms with Crippen LogP contribution in [-0.2, 0) is 12.7 Å². The van der Waals surface area contributed by atoms with Gasteiger partial charge in [0.15, 0.2) is 0 Å². The monoisotopic (exact) mass is 492 g/mol. The first-order valence-electron chi connectivity index (χ1n) is 8.46. The van der Waals surface area contributed by atoms with Gasteiger partial charge < -0.3 is 5.32 Å². The molecule has 0 bridgehead atoms. The molecule has 0 radical (unpaired) electrons. The van der Waals surface area contributed by atoms with Crippen LogP contribution in [0.25, 0.3) is 10.9 Å². The number of hydrogen-bond acceptors (Lipinski definition) is 3. The molecule has 0 aliphatic carbocycles. The van der Waals surface area contributed by atoms with E-state index in [1.54, 1.807) is 0 Å². The Morgan fingerprint density at radius 2 is 1.90 bits per heavy atom. The second-order valence-electron chi connectivity index (χ2n) is 6.83. The molecule has 0 saturated carbocycles. The van der Waals surface area contributed by atoms with E-state index in [0.29, 0.717) is 17.5 Å². The maximum atomic E-state index is 14.1. The molecule has 1 aromatic heterocycles. The van der Waals surface area contributed by atoms with Crippen molar-refractivity contribution in [2.75, 3.05) is 0 Å². The number of fused-ring (bicyclic) bond motifs is 1. The molecular formula is C19H11Cl3F4N4O. The summed E-state index contributed by atoms with van der Waals surface area (Å²) < 4.78 is 53.5. The Hall–Kier alpha value is -2.54. The fourth-order valence-electron chi connectivity index (χ4n) is 2.83. The molecule has 1 N–H and O–H groups in total. The highest BCUT2D eigenvalue weighted by Crippen LogP contribution is 2.35. The summed E-state index contributed by atoms with van der Waals surface area (Å²) in [7, 11) is 0. The van der Waals surface area contributed by atoms with Crippen molar-refractivity contribution < 1.29 is 22.4 Å². The SMILES string of the molecule is CC(C#N)(Cn1cc2c(Cl)cc(Cl)c(Cl)c2n1)NC(=O)c1ccc(C(F)(F)F)cc1F. The zero-order chi connectivity index (χ0) is 23.1. The molecule has 0 aliphatic heterocycles. The fraction of sp³-hybridized carbons (Fsp3) is 0.211. The van der Waals surface area contributed by atoms with E-state index in [2.05, 4.69) is 10.4 Å². The molecule has 0 spiro atoms. The zero-order valence-corrected chi connectivity index (χ0v) is 17.8. The Kier molecular flexibility index (Phi) is 6.11. The minimum absolute atomic E-state index is 0.148. The minimum Gasteiger partial charge on any atom is -0.332 e. The predicted octanol–water partition coefficient (Wildman–Crippen LogP) is 5.87. The van der Waals surface area contributed by atoms with E-state index in [-0.39, 0.29) is 33.2 Å². The number of nitriles is 1. The summed E-state index contributed by atoms with van der Waals surface area (Å²) in [5, 5.41) is 17.2. The zero-order valence-electron chi connectivity index (χ0n) is 15.5. The van der Waals surface area contributed by atoms with Gasteiger partial charge in [-0.2, -0.15) is 23.5 Å². The van der Waals surface area contributed by atoms with Crippen LogP contribution in [0.4, 0.5) is 17.6 Å². The topological polar surface area (TPSA) is 70.7 Å². The van der Waals surface area contributed by atoms with E-state index >= 15 is 0 Å². The predicted molar refractivity (Wildman–Crippen MR) is 108 cm³/mol. The van der Waals surface area contributed by atoms with Crippen molar-refractivity contribution in [3.05, 3.63) is 62.5 Å². The van der Waals surface area contributed by atoms with Gasteiger partial charge in [-0.25, -0.2) is 4.39 Å². The third kappa shape index (κ3) is 4.71. The highest BCUT2D eigenvalue weighted by atomic mass is 35.5. The van der Waals surface area contributed by atoms with Crippen LogP contribution in [-0.4, -0.2) is 21.2 Å². The van der Waals surface area contributed by atoms with E-state index in [1.165, 1.54) is 23.9 Å². The lowest BCUT2D eigenvalue weighted by molar-refractivity contribution is -0.137. The van der Waals surface area contributed by atoms with Crippen molar-refractivity contribution in [3.63, 3.8) is 0 Å². The Morgan fingerprint density at radius 3 is 2.48 bits per heavy atom. The average molecular weight is 494 g/mol. The lowest BCUT2D eigenvalue weighted by Gasteiger charge is -2.23. The van der Waals surface area contributed by atoms with E-state index in [0.717, 1.165) is 0 Å². The molecule has 162 valence electrons. The first kappa shape index (κ1) is 23.1. The lowest BCUT2D eigenvalue weighted by atomic mass is 10.0. The number of hydrogen-bond donors (Lipinski definition) is 1. The van der Waals surface area contributed by atoms with Gasteiger partial charge in [-0.15, -0.1) is 0 Å². The molecule has 3 rings (SSSR count). The maximum Gasteiger partial charge on any atom is 0.416 e. The third-order valence-corrected chi connectivity index (χ3v) is 5.44. The van der Waals surface area contributed by atoms with Crippen LogP contribution in [0.2, 0.25) is 15.1 Å². The second kappa shape index (κ2) is 8.19. The van der Waals surface area contributed by atoms with Crippen molar-refractivity contribution in [2.24, 2.45) is 0 Å². The molecule has 1 atom stereocenters. The van der Waals surface area contributed by atoms with Crippen molar-refractivity contribution in [1.29, 1.82) is 5.26 Å². The molecule has 5 nitrogen and oxygen atoms in total. The number of aromatic nitrogens is 2. The molecule has 0 fully saturated rings. The highest BCUT2D eigenvalue weighted by Gasteiger charge is 2.33. The average Bonchev–Trinajstić information content (AvgIpc) is 3.09. The van der Waals surface area contributed by atoms with Gasteiger partial charge in [-0.3, -0.25) is 9.48 Å². The summed E-state index contributed by atoms with van der Waals surface area (Å²) >= 11 is 18.2. The van der Waals surface area contributed by atoms with Gasteiger partial charge in [0, 0.05) is 11.6 Å². The number of nitrogens with one attached hydrogen (secondary N) is 1. The molecule has 0 aliphatic rings. The second-order valence-corrected chi connectivity index (χ2v) is 8.03. The van der Waals surface area contributed by atoms with Gasteiger partial charge in [0.25, 0.3) is 5.91 Å². The Labute approximate surface area is 188 Å². The van der Waals surface area contributed by atoms with Crippen molar-refractivity contribution in [2.45, 2.75) is 25.2 Å². The molecule has 12 heteroatoms. The van der Waals surface area contributed by atoms with Crippen LogP contribution in [0.1, 0.15) is 22.8 Å². The van der Waals surface area contributed by atoms with Crippen LogP contribution in [0, 0.1) is 17.1 Å². The molecule has 1 unspecified atom stereocenters. The summed E-state index contributed by atoms with van der Waals surface area (Å²) in [5.74, 6) is -2.43. The Balaban J connectivity index is 1.87. The summed E-state index contributed by atoms with van der Waals surface area (Å²) in [4.78, 5) is 12.4. The number of nitrogens with zero attached hydrogens (tertiary/aromatic N) is 3. The normalized spacial score (nSPS) is 13.6. The molecular weight excluding hydrogens is 483 g/mol. The number of benzene rings is 2. The van der Waals surface area contributed by atoms with E-state index in [1.807, 2.05) is 6.07 Å². The van der Waals surface area contributed by atoms with E-state index in [4.69, 9.17) is 34.8 Å². The molecule has 1 heterocycles. The quantitative estimate of drug-likeness (QED) is 0.365. The number of carbonyl (C=O) groups excluding carboxylic acids is 1. The van der Waals surface area contributed by atoms with E-state index < -0.39 is 34.6 Å². The molecule has 31 heavy (non-hydrogen) atoms. The number of carbonyl (C=O) groups is 1. The number of alkyl halides is 3. The molecule has 3 aromatic rings. The maximum absolute atomic E-state index is 14.1. The molecule has 1 amide bonds. The van der Waals surface area contributed by atoms with Crippen LogP contribution < -0.4 is 5.32 Å². The van der Waals surface area contributed by atoms with Gasteiger partial charge in [0.1, 0.15) is 16.9 Å². The van der Waals surface area contributed by atoms with Crippen LogP contribution in [0.3, 0.4) is 0 Å². The summed E-state index contributed by atoms with van der Waals surface area (Å²) in [5.41, 5.74) is -3.20. The van der Waals surface area contributed by atoms with Gasteiger partial charge in [-0.1, -0.05) is 34.8 Å². The standard InChI is InChI=1S/C19H11Cl3F4N4O/c1-18(7-27,8-30-6-11-12(20)5-13(21)15(22)16(11)29-30)28-17(31)10-3-2-9(4-14(10)23)19(24,25)26/h2-6H,8H2,1H3,(H,28,31). The number of rotatable bonds is 4. The van der Waals surface area contributed by atoms with Gasteiger partial charge in [0.2, 0.25) is 0 Å². The lowest BCUT2D eigenvalue weighted by Crippen LogP contribution is -2.48. The summed E-state index contributed by atoms with van der Waals surface area (Å²) in [6.07, 6.45) is -3.27. The van der Waals surface area contributed by atoms with Crippen LogP contribution >= 0.6 is 34.8 Å². The number of amides is 1. The summed E-state index contributed by atoms with van der Waals surface area (Å²) in [6, 6.07) is 4.81. The third-order valence-electron chi connectivity index (χ3n) is 4.35. The molecule has 2 aromatic carbocycles. The van der Waals surface area contributed by atoms with Gasteiger partial charge in [0.05, 0.1) is 38.8 Å². The van der Waals surface area contributed by atoms with Crippen molar-refractivity contribution in [1.82, 2.24) is 15.1 Å². The Bertz CT molecular complexity index is 1240. The highest BCUT2D eigenvalue weighted by molar-refractivity contribution is 6.47. The largest absolute Gasteiger partial charge is 0.416 e. The van der Waals surface area contributed by atoms with Crippen LogP contribution in [0.5, 0.6) is 0 Å². The molecule has 0 saturated heterocycles. The smallest absolute Gasteiger partial charge is 0.332 e. The Morgan fingerprint density at radius 1 is 1.23 bits per heavy atom. The fourth-order valence-corrected chi connectivity index (χ4v) is 3.52. The van der Waals surface area contributed by atoms with E-state index in [9.17, 15) is 27.6 Å². The minimum atomic E-state index is -4.76. The van der Waals surface area contributed by atoms with Crippen molar-refractivity contribution in [3.8, 4) is 6.07 Å². The van der Waals surface area contributed by atoms with Gasteiger partial charge >= 0.3 is 6.18 Å². The van der Waals surface area contributed by atoms with Crippen LogP contribution in [0.15, 0.2) is 30.5 Å².